The average Bonchev–Trinajstić information content (AvgIpc) is 3.30. The Balaban J connectivity index is 1.44. The van der Waals surface area contributed by atoms with Crippen LogP contribution in [0.2, 0.25) is 0 Å². The average molecular weight is 353 g/mol. The minimum Gasteiger partial charge on any atom is -0.484 e. The van der Waals surface area contributed by atoms with Crippen LogP contribution in [0.3, 0.4) is 0 Å². The van der Waals surface area contributed by atoms with E-state index >= 15 is 0 Å². The third-order valence-corrected chi connectivity index (χ3v) is 6.61. The Labute approximate surface area is 150 Å². The van der Waals surface area contributed by atoms with Crippen molar-refractivity contribution in [3.05, 3.63) is 52.2 Å². The molecule has 2 fully saturated rings. The summed E-state index contributed by atoms with van der Waals surface area (Å²) in [6.07, 6.45) is 3.54. The van der Waals surface area contributed by atoms with E-state index in [1.807, 2.05) is 46.0 Å². The van der Waals surface area contributed by atoms with Crippen molar-refractivity contribution in [2.45, 2.75) is 49.8 Å². The van der Waals surface area contributed by atoms with Crippen molar-refractivity contribution in [2.24, 2.45) is 0 Å². The van der Waals surface area contributed by atoms with Crippen LogP contribution in [0.5, 0.6) is 5.75 Å². The molecule has 2 bridgehead atoms. The third kappa shape index (κ3) is 2.25. The number of benzene rings is 1. The minimum atomic E-state index is -0.529. The summed E-state index contributed by atoms with van der Waals surface area (Å²) in [4.78, 5) is 27.6. The second-order valence-corrected chi connectivity index (χ2v) is 8.10. The first kappa shape index (κ1) is 15.1. The number of carbonyl (C=O) groups excluding carboxylic acids is 2. The number of hydrogen-bond acceptors (Lipinski definition) is 4. The van der Waals surface area contributed by atoms with Gasteiger partial charge in [0.25, 0.3) is 0 Å². The molecule has 0 saturated carbocycles. The molecule has 5 heteroatoms. The Bertz CT molecular complexity index is 846. The van der Waals surface area contributed by atoms with Crippen LogP contribution in [0.15, 0.2) is 41.1 Å². The summed E-state index contributed by atoms with van der Waals surface area (Å²) in [6.45, 7) is 0. The van der Waals surface area contributed by atoms with Crippen LogP contribution in [0.25, 0.3) is 0 Å². The summed E-state index contributed by atoms with van der Waals surface area (Å²) in [6, 6.07) is 9.70. The van der Waals surface area contributed by atoms with Crippen molar-refractivity contribution in [3.63, 3.8) is 0 Å². The third-order valence-electron chi connectivity index (χ3n) is 5.87. The van der Waals surface area contributed by atoms with Crippen molar-refractivity contribution >= 4 is 23.0 Å². The highest BCUT2D eigenvalue weighted by molar-refractivity contribution is 7.08. The molecule has 25 heavy (non-hydrogen) atoms. The van der Waals surface area contributed by atoms with E-state index in [9.17, 15) is 9.59 Å². The van der Waals surface area contributed by atoms with Crippen LogP contribution in [0.1, 0.15) is 41.6 Å². The molecule has 5 rings (SSSR count). The number of fused-ring (bicyclic) bond motifs is 4. The zero-order valence-electron chi connectivity index (χ0n) is 13.8. The lowest BCUT2D eigenvalue weighted by molar-refractivity contribution is -0.133. The van der Waals surface area contributed by atoms with Crippen molar-refractivity contribution in [1.29, 1.82) is 0 Å². The molecule has 0 aliphatic carbocycles. The van der Waals surface area contributed by atoms with Gasteiger partial charge in [-0.25, -0.2) is 0 Å². The molecule has 1 aromatic heterocycles. The molecule has 0 radical (unpaired) electrons. The van der Waals surface area contributed by atoms with Gasteiger partial charge in [-0.05, 0) is 47.4 Å². The largest absolute Gasteiger partial charge is 0.484 e. The number of ketones is 1. The number of nitrogens with zero attached hydrogens (tertiary/aromatic N) is 1. The molecule has 3 atom stereocenters. The van der Waals surface area contributed by atoms with Gasteiger partial charge in [0.1, 0.15) is 11.4 Å². The summed E-state index contributed by atoms with van der Waals surface area (Å²) < 4.78 is 6.39. The molecule has 4 nitrogen and oxygen atoms in total. The lowest BCUT2D eigenvalue weighted by Crippen LogP contribution is -2.52. The lowest BCUT2D eigenvalue weighted by atomic mass is 9.78. The first-order chi connectivity index (χ1) is 12.2. The van der Waals surface area contributed by atoms with E-state index in [0.29, 0.717) is 24.2 Å². The van der Waals surface area contributed by atoms with Crippen molar-refractivity contribution in [2.75, 3.05) is 0 Å². The van der Waals surface area contributed by atoms with E-state index < -0.39 is 5.60 Å². The molecule has 3 aliphatic heterocycles. The van der Waals surface area contributed by atoms with E-state index in [-0.39, 0.29) is 23.8 Å². The maximum absolute atomic E-state index is 12.9. The van der Waals surface area contributed by atoms with Crippen molar-refractivity contribution < 1.29 is 14.3 Å². The van der Waals surface area contributed by atoms with E-state index in [1.54, 1.807) is 11.3 Å². The number of carbonyl (C=O) groups is 2. The second kappa shape index (κ2) is 5.43. The van der Waals surface area contributed by atoms with Crippen LogP contribution in [-0.2, 0) is 11.2 Å². The van der Waals surface area contributed by atoms with E-state index in [4.69, 9.17) is 4.74 Å². The predicted octanol–water partition coefficient (Wildman–Crippen LogP) is 3.46. The number of ether oxygens (including phenoxy) is 1. The normalized spacial score (nSPS) is 29.8. The molecule has 1 aromatic carbocycles. The standard InChI is InChI=1S/C20H19NO3S/c22-16-11-20(24-17-4-2-1-3-15(16)17)10-14-5-6-18(20)21(14)19(23)9-13-7-8-25-12-13/h1-4,7-8,12,14,18H,5-6,9-11H2/t14-,18+,20-/m1/s1. The molecule has 3 aliphatic rings. The van der Waals surface area contributed by atoms with Crippen molar-refractivity contribution in [3.8, 4) is 5.75 Å². The fraction of sp³-hybridized carbons (Fsp3) is 0.400. The van der Waals surface area contributed by atoms with E-state index in [2.05, 4.69) is 0 Å². The topological polar surface area (TPSA) is 46.6 Å². The van der Waals surface area contributed by atoms with Crippen LogP contribution in [-0.4, -0.2) is 34.3 Å². The van der Waals surface area contributed by atoms with Gasteiger partial charge in [0.2, 0.25) is 5.91 Å². The smallest absolute Gasteiger partial charge is 0.227 e. The van der Waals surface area contributed by atoms with Gasteiger partial charge in [-0.3, -0.25) is 9.59 Å². The maximum atomic E-state index is 12.9. The highest BCUT2D eigenvalue weighted by Gasteiger charge is 2.61. The number of thiophene rings is 1. The Morgan fingerprint density at radius 1 is 1.28 bits per heavy atom. The Morgan fingerprint density at radius 2 is 2.16 bits per heavy atom. The molecule has 4 heterocycles. The number of rotatable bonds is 2. The van der Waals surface area contributed by atoms with Crippen LogP contribution in [0, 0.1) is 0 Å². The van der Waals surface area contributed by atoms with Crippen molar-refractivity contribution in [1.82, 2.24) is 4.90 Å². The lowest BCUT2D eigenvalue weighted by Gasteiger charge is -2.40. The predicted molar refractivity (Wildman–Crippen MR) is 95.0 cm³/mol. The number of amides is 1. The molecular formula is C20H19NO3S. The number of Topliss-reactive ketones (excluding diaryl/α,β-unsaturated/α-hetero) is 1. The summed E-state index contributed by atoms with van der Waals surface area (Å²) >= 11 is 1.62. The fourth-order valence-electron chi connectivity index (χ4n) is 4.88. The van der Waals surface area contributed by atoms with Crippen LogP contribution in [0.4, 0.5) is 0 Å². The first-order valence-electron chi connectivity index (χ1n) is 8.80. The zero-order valence-corrected chi connectivity index (χ0v) is 14.6. The Kier molecular flexibility index (Phi) is 3.29. The van der Waals surface area contributed by atoms with E-state index in [0.717, 1.165) is 24.8 Å². The van der Waals surface area contributed by atoms with Gasteiger partial charge < -0.3 is 9.64 Å². The monoisotopic (exact) mass is 353 g/mol. The molecule has 2 aromatic rings. The Morgan fingerprint density at radius 3 is 3.00 bits per heavy atom. The van der Waals surface area contributed by atoms with Gasteiger partial charge in [0.05, 0.1) is 24.4 Å². The zero-order chi connectivity index (χ0) is 17.0. The summed E-state index contributed by atoms with van der Waals surface area (Å²) in [5, 5.41) is 4.03. The summed E-state index contributed by atoms with van der Waals surface area (Å²) in [7, 11) is 0. The van der Waals surface area contributed by atoms with Gasteiger partial charge in [-0.15, -0.1) is 0 Å². The van der Waals surface area contributed by atoms with Gasteiger partial charge >= 0.3 is 0 Å². The minimum absolute atomic E-state index is 0.0148. The SMILES string of the molecule is O=C1C[C@@]2(C[C@H]3CC[C@@H]2N3C(=O)Cc2ccsc2)Oc2ccccc21. The molecule has 1 amide bonds. The fourth-order valence-corrected chi connectivity index (χ4v) is 5.55. The second-order valence-electron chi connectivity index (χ2n) is 7.32. The number of para-hydroxylation sites is 1. The highest BCUT2D eigenvalue weighted by Crippen LogP contribution is 2.51. The molecule has 1 spiro atoms. The quantitative estimate of drug-likeness (QED) is 0.831. The van der Waals surface area contributed by atoms with Gasteiger partial charge in [0.15, 0.2) is 5.78 Å². The van der Waals surface area contributed by atoms with Gasteiger partial charge in [0, 0.05) is 12.5 Å². The number of hydrogen-bond donors (Lipinski definition) is 0. The summed E-state index contributed by atoms with van der Waals surface area (Å²) in [5.41, 5.74) is 1.21. The van der Waals surface area contributed by atoms with Crippen LogP contribution < -0.4 is 4.74 Å². The molecule has 2 saturated heterocycles. The van der Waals surface area contributed by atoms with Crippen LogP contribution >= 0.6 is 11.3 Å². The van der Waals surface area contributed by atoms with Gasteiger partial charge in [-0.1, -0.05) is 12.1 Å². The summed E-state index contributed by atoms with van der Waals surface area (Å²) in [5.74, 6) is 0.980. The molecular weight excluding hydrogens is 334 g/mol. The Hall–Kier alpha value is -2.14. The molecule has 0 unspecified atom stereocenters. The van der Waals surface area contributed by atoms with E-state index in [1.165, 1.54) is 0 Å². The molecule has 128 valence electrons. The van der Waals surface area contributed by atoms with Gasteiger partial charge in [-0.2, -0.15) is 11.3 Å². The highest BCUT2D eigenvalue weighted by atomic mass is 32.1. The molecule has 0 N–H and O–H groups in total. The maximum Gasteiger partial charge on any atom is 0.227 e. The first-order valence-corrected chi connectivity index (χ1v) is 9.74.